The van der Waals surface area contributed by atoms with Gasteiger partial charge in [-0.3, -0.25) is 0 Å². The number of allylic oxidation sites excluding steroid dienone is 2. The minimum absolute atomic E-state index is 0.896. The summed E-state index contributed by atoms with van der Waals surface area (Å²) in [4.78, 5) is 1.64. The summed E-state index contributed by atoms with van der Waals surface area (Å²) in [6.45, 7) is 4.61. The molecule has 0 saturated carbocycles. The fourth-order valence-electron chi connectivity index (χ4n) is 2.34. The van der Waals surface area contributed by atoms with Crippen LogP contribution in [-0.4, -0.2) is 6.26 Å². The molecule has 1 aliphatic rings. The fraction of sp³-hybridized carbons (Fsp3) is 0.833. The lowest BCUT2D eigenvalue weighted by Gasteiger charge is -2.17. The Labute approximate surface area is 87.2 Å². The van der Waals surface area contributed by atoms with Gasteiger partial charge in [-0.2, -0.15) is 0 Å². The van der Waals surface area contributed by atoms with Crippen LogP contribution in [0.15, 0.2) is 11.0 Å². The van der Waals surface area contributed by atoms with Gasteiger partial charge in [-0.1, -0.05) is 32.8 Å². The summed E-state index contributed by atoms with van der Waals surface area (Å²) >= 11 is 1.95. The minimum Gasteiger partial charge on any atom is -0.134 e. The van der Waals surface area contributed by atoms with Crippen LogP contribution in [0.1, 0.15) is 46.0 Å². The molecule has 0 nitrogen and oxygen atoms in total. The molecule has 0 amide bonds. The summed E-state index contributed by atoms with van der Waals surface area (Å²) in [5.41, 5.74) is 0. The third-order valence-electron chi connectivity index (χ3n) is 3.01. The predicted octanol–water partition coefficient (Wildman–Crippen LogP) is 4.47. The Kier molecular flexibility index (Phi) is 4.93. The average Bonchev–Trinajstić information content (AvgIpc) is 2.50. The molecule has 13 heavy (non-hydrogen) atoms. The molecular formula is C12H22S. The predicted molar refractivity (Wildman–Crippen MR) is 63.0 cm³/mol. The highest BCUT2D eigenvalue weighted by atomic mass is 32.2. The molecule has 76 valence electrons. The molecule has 0 fully saturated rings. The molecule has 0 bridgehead atoms. The van der Waals surface area contributed by atoms with Crippen molar-refractivity contribution in [3.8, 4) is 0 Å². The lowest BCUT2D eigenvalue weighted by atomic mass is 9.88. The van der Waals surface area contributed by atoms with E-state index in [1.165, 1.54) is 32.1 Å². The monoisotopic (exact) mass is 198 g/mol. The normalized spacial score (nSPS) is 27.8. The highest BCUT2D eigenvalue weighted by Gasteiger charge is 2.25. The molecule has 1 aliphatic carbocycles. The zero-order valence-corrected chi connectivity index (χ0v) is 9.99. The molecule has 0 heterocycles. The molecule has 0 saturated heterocycles. The van der Waals surface area contributed by atoms with Crippen LogP contribution in [0.2, 0.25) is 0 Å². The smallest absolute Gasteiger partial charge is 0.0140 e. The summed E-state index contributed by atoms with van der Waals surface area (Å²) in [5.74, 6) is 1.86. The van der Waals surface area contributed by atoms with Gasteiger partial charge in [0, 0.05) is 0 Å². The number of hydrogen-bond acceptors (Lipinski definition) is 1. The SMILES string of the molecule is CCC[C@H]1CC(SC)=C[C@@H]1CCC. The molecular weight excluding hydrogens is 176 g/mol. The van der Waals surface area contributed by atoms with Gasteiger partial charge in [0.2, 0.25) is 0 Å². The van der Waals surface area contributed by atoms with Crippen LogP contribution in [0.25, 0.3) is 0 Å². The highest BCUT2D eigenvalue weighted by Crippen LogP contribution is 2.40. The minimum atomic E-state index is 0.896. The summed E-state index contributed by atoms with van der Waals surface area (Å²) in [7, 11) is 0. The average molecular weight is 198 g/mol. The van der Waals surface area contributed by atoms with Crippen LogP contribution in [0.4, 0.5) is 0 Å². The third kappa shape index (κ3) is 3.05. The van der Waals surface area contributed by atoms with E-state index in [-0.39, 0.29) is 0 Å². The van der Waals surface area contributed by atoms with Crippen LogP contribution < -0.4 is 0 Å². The second-order valence-electron chi connectivity index (χ2n) is 4.04. The Hall–Kier alpha value is 0.0900. The Bertz CT molecular complexity index is 172. The van der Waals surface area contributed by atoms with Crippen LogP contribution >= 0.6 is 11.8 Å². The van der Waals surface area contributed by atoms with E-state index in [0.29, 0.717) is 0 Å². The molecule has 0 aromatic carbocycles. The maximum Gasteiger partial charge on any atom is -0.0140 e. The zero-order chi connectivity index (χ0) is 9.68. The van der Waals surface area contributed by atoms with Crippen molar-refractivity contribution in [1.82, 2.24) is 0 Å². The first-order valence-corrected chi connectivity index (χ1v) is 6.78. The van der Waals surface area contributed by atoms with E-state index in [9.17, 15) is 0 Å². The van der Waals surface area contributed by atoms with Crippen LogP contribution in [0, 0.1) is 11.8 Å². The molecule has 0 spiro atoms. The molecule has 0 aromatic rings. The molecule has 0 radical (unpaired) electrons. The maximum atomic E-state index is 2.54. The first-order valence-electron chi connectivity index (χ1n) is 5.56. The molecule has 0 aromatic heterocycles. The Morgan fingerprint density at radius 2 is 2.00 bits per heavy atom. The Balaban J connectivity index is 2.48. The molecule has 0 aliphatic heterocycles. The molecule has 1 heteroatoms. The van der Waals surface area contributed by atoms with Crippen molar-refractivity contribution in [1.29, 1.82) is 0 Å². The van der Waals surface area contributed by atoms with Gasteiger partial charge in [0.15, 0.2) is 0 Å². The van der Waals surface area contributed by atoms with Crippen molar-refractivity contribution in [2.45, 2.75) is 46.0 Å². The summed E-state index contributed by atoms with van der Waals surface area (Å²) in [6.07, 6.45) is 11.6. The molecule has 0 N–H and O–H groups in total. The van der Waals surface area contributed by atoms with Gasteiger partial charge in [0.05, 0.1) is 0 Å². The van der Waals surface area contributed by atoms with Gasteiger partial charge in [0.25, 0.3) is 0 Å². The van der Waals surface area contributed by atoms with Crippen molar-refractivity contribution < 1.29 is 0 Å². The quantitative estimate of drug-likeness (QED) is 0.628. The van der Waals surface area contributed by atoms with Gasteiger partial charge >= 0.3 is 0 Å². The summed E-state index contributed by atoms with van der Waals surface area (Å²) in [6, 6.07) is 0. The van der Waals surface area contributed by atoms with E-state index >= 15 is 0 Å². The van der Waals surface area contributed by atoms with E-state index < -0.39 is 0 Å². The number of thioether (sulfide) groups is 1. The largest absolute Gasteiger partial charge is 0.134 e. The van der Waals surface area contributed by atoms with Crippen molar-refractivity contribution in [2.24, 2.45) is 11.8 Å². The zero-order valence-electron chi connectivity index (χ0n) is 9.18. The first kappa shape index (κ1) is 11.2. The topological polar surface area (TPSA) is 0 Å². The Morgan fingerprint density at radius 1 is 1.31 bits per heavy atom. The van der Waals surface area contributed by atoms with Crippen LogP contribution in [0.5, 0.6) is 0 Å². The first-order chi connectivity index (χ1) is 6.31. The van der Waals surface area contributed by atoms with Gasteiger partial charge in [0.1, 0.15) is 0 Å². The van der Waals surface area contributed by atoms with Crippen molar-refractivity contribution in [3.05, 3.63) is 11.0 Å². The second kappa shape index (κ2) is 5.74. The van der Waals surface area contributed by atoms with E-state index in [1.807, 2.05) is 11.8 Å². The fourth-order valence-corrected chi connectivity index (χ4v) is 3.03. The lowest BCUT2D eigenvalue weighted by molar-refractivity contribution is 0.370. The standard InChI is InChI=1S/C12H22S/c1-4-6-10-8-12(13-3)9-11(10)7-5-2/h8,10-11H,4-7,9H2,1-3H3/t10-,11-/m0/s1. The van der Waals surface area contributed by atoms with E-state index in [2.05, 4.69) is 26.2 Å². The van der Waals surface area contributed by atoms with E-state index in [0.717, 1.165) is 11.8 Å². The van der Waals surface area contributed by atoms with Crippen molar-refractivity contribution in [2.75, 3.05) is 6.26 Å². The maximum absolute atomic E-state index is 2.54. The molecule has 1 rings (SSSR count). The van der Waals surface area contributed by atoms with Gasteiger partial charge < -0.3 is 0 Å². The van der Waals surface area contributed by atoms with Crippen molar-refractivity contribution in [3.63, 3.8) is 0 Å². The van der Waals surface area contributed by atoms with Gasteiger partial charge in [-0.05, 0) is 42.3 Å². The number of hydrogen-bond donors (Lipinski definition) is 0. The summed E-state index contributed by atoms with van der Waals surface area (Å²) in [5, 5.41) is 0. The van der Waals surface area contributed by atoms with Gasteiger partial charge in [-0.25, -0.2) is 0 Å². The summed E-state index contributed by atoms with van der Waals surface area (Å²) < 4.78 is 0. The van der Waals surface area contributed by atoms with Crippen LogP contribution in [-0.2, 0) is 0 Å². The number of rotatable bonds is 5. The van der Waals surface area contributed by atoms with E-state index in [4.69, 9.17) is 0 Å². The third-order valence-corrected chi connectivity index (χ3v) is 3.84. The van der Waals surface area contributed by atoms with E-state index in [1.54, 1.807) is 4.91 Å². The second-order valence-corrected chi connectivity index (χ2v) is 4.98. The van der Waals surface area contributed by atoms with Gasteiger partial charge in [-0.15, -0.1) is 11.8 Å². The van der Waals surface area contributed by atoms with Crippen molar-refractivity contribution >= 4 is 11.8 Å². The lowest BCUT2D eigenvalue weighted by Crippen LogP contribution is -2.07. The molecule has 2 atom stereocenters. The Morgan fingerprint density at radius 3 is 2.54 bits per heavy atom. The highest BCUT2D eigenvalue weighted by molar-refractivity contribution is 8.02. The molecule has 0 unspecified atom stereocenters. The van der Waals surface area contributed by atoms with Crippen LogP contribution in [0.3, 0.4) is 0 Å².